The van der Waals surface area contributed by atoms with Crippen LogP contribution in [0.1, 0.15) is 18.4 Å². The van der Waals surface area contributed by atoms with E-state index in [1.54, 1.807) is 31.2 Å². The molecule has 1 aliphatic heterocycles. The zero-order chi connectivity index (χ0) is 17.9. The summed E-state index contributed by atoms with van der Waals surface area (Å²) in [4.78, 5) is 39.7. The molecular formula is C17H19NO6. The maximum Gasteiger partial charge on any atom is 0.312 e. The quantitative estimate of drug-likeness (QED) is 0.644. The van der Waals surface area contributed by atoms with Gasteiger partial charge in [0.2, 0.25) is 0 Å². The Morgan fingerprint density at radius 1 is 1.25 bits per heavy atom. The Balaban J connectivity index is 2.70. The summed E-state index contributed by atoms with van der Waals surface area (Å²) in [7, 11) is 2.66. The number of hydrogen-bond acceptors (Lipinski definition) is 6. The monoisotopic (exact) mass is 333 g/mol. The van der Waals surface area contributed by atoms with E-state index >= 15 is 0 Å². The molecular weight excluding hydrogens is 314 g/mol. The number of para-hydroxylation sites is 1. The second-order valence-corrected chi connectivity index (χ2v) is 5.53. The lowest BCUT2D eigenvalue weighted by Crippen LogP contribution is -2.46. The number of esters is 1. The van der Waals surface area contributed by atoms with Gasteiger partial charge in [0.1, 0.15) is 24.0 Å². The molecule has 0 saturated carbocycles. The van der Waals surface area contributed by atoms with E-state index in [2.05, 4.69) is 4.99 Å². The van der Waals surface area contributed by atoms with E-state index in [-0.39, 0.29) is 5.71 Å². The molecule has 128 valence electrons. The maximum absolute atomic E-state index is 12.3. The first-order chi connectivity index (χ1) is 11.5. The number of carbonyl (C=O) groups excluding carboxylic acids is 2. The van der Waals surface area contributed by atoms with Crippen LogP contribution < -0.4 is 4.74 Å². The largest absolute Gasteiger partial charge is 0.496 e. The van der Waals surface area contributed by atoms with E-state index in [1.165, 1.54) is 14.2 Å². The van der Waals surface area contributed by atoms with Gasteiger partial charge in [0, 0.05) is 11.6 Å². The second-order valence-electron chi connectivity index (χ2n) is 5.53. The van der Waals surface area contributed by atoms with Crippen LogP contribution in [0.25, 0.3) is 0 Å². The maximum atomic E-state index is 12.3. The Morgan fingerprint density at radius 3 is 2.46 bits per heavy atom. The molecule has 1 aromatic carbocycles. The Labute approximate surface area is 139 Å². The van der Waals surface area contributed by atoms with Gasteiger partial charge in [0.05, 0.1) is 20.1 Å². The summed E-state index contributed by atoms with van der Waals surface area (Å²) < 4.78 is 10.1. The third-order valence-electron chi connectivity index (χ3n) is 4.29. The fourth-order valence-corrected chi connectivity index (χ4v) is 3.26. The third kappa shape index (κ3) is 3.02. The van der Waals surface area contributed by atoms with E-state index in [1.807, 2.05) is 0 Å². The molecule has 0 saturated heterocycles. The summed E-state index contributed by atoms with van der Waals surface area (Å²) in [6.07, 6.45) is 0.547. The van der Waals surface area contributed by atoms with Crippen LogP contribution in [-0.4, -0.2) is 49.3 Å². The highest BCUT2D eigenvalue weighted by Gasteiger charge is 2.49. The molecule has 0 aliphatic carbocycles. The van der Waals surface area contributed by atoms with E-state index in [0.717, 1.165) is 0 Å². The van der Waals surface area contributed by atoms with Crippen LogP contribution in [0.5, 0.6) is 5.75 Å². The van der Waals surface area contributed by atoms with E-state index in [0.29, 0.717) is 17.6 Å². The Kier molecular flexibility index (Phi) is 5.33. The summed E-state index contributed by atoms with van der Waals surface area (Å²) in [6.45, 7) is 1.55. The first kappa shape index (κ1) is 17.7. The van der Waals surface area contributed by atoms with Gasteiger partial charge in [0.25, 0.3) is 0 Å². The molecule has 0 bridgehead atoms. The number of carboxylic acid groups (broad SMARTS) is 1. The van der Waals surface area contributed by atoms with Gasteiger partial charge in [-0.25, -0.2) is 0 Å². The number of benzene rings is 1. The average molecular weight is 333 g/mol. The number of carboxylic acids is 1. The van der Waals surface area contributed by atoms with E-state index in [4.69, 9.17) is 9.47 Å². The van der Waals surface area contributed by atoms with Gasteiger partial charge >= 0.3 is 11.9 Å². The Morgan fingerprint density at radius 2 is 1.92 bits per heavy atom. The van der Waals surface area contributed by atoms with Crippen molar-refractivity contribution in [3.05, 3.63) is 29.8 Å². The highest BCUT2D eigenvalue weighted by molar-refractivity contribution is 6.04. The number of rotatable bonds is 5. The van der Waals surface area contributed by atoms with Crippen molar-refractivity contribution < 1.29 is 29.0 Å². The predicted molar refractivity (Wildman–Crippen MR) is 85.3 cm³/mol. The topological polar surface area (TPSA) is 102 Å². The third-order valence-corrected chi connectivity index (χ3v) is 4.29. The molecule has 1 heterocycles. The number of aldehydes is 1. The van der Waals surface area contributed by atoms with Crippen LogP contribution in [0.2, 0.25) is 0 Å². The predicted octanol–water partition coefficient (Wildman–Crippen LogP) is 1.31. The number of ether oxygens (including phenoxy) is 2. The molecule has 1 aliphatic rings. The molecule has 2 rings (SSSR count). The minimum atomic E-state index is -1.12. The molecule has 0 spiro atoms. The molecule has 1 N–H and O–H groups in total. The van der Waals surface area contributed by atoms with Gasteiger partial charge in [-0.15, -0.1) is 0 Å². The Hall–Kier alpha value is -2.70. The Bertz CT molecular complexity index is 683. The number of methoxy groups -OCH3 is 2. The summed E-state index contributed by atoms with van der Waals surface area (Å²) >= 11 is 0. The van der Waals surface area contributed by atoms with Crippen molar-refractivity contribution in [3.63, 3.8) is 0 Å². The highest BCUT2D eigenvalue weighted by atomic mass is 16.5. The SMILES string of the molecule is COC(=O)C1C(C=O)N=C(C)C(C(=O)O)C1c1ccccc1OC. The number of aliphatic imine (C=N–C) groups is 1. The second kappa shape index (κ2) is 7.25. The molecule has 0 radical (unpaired) electrons. The zero-order valence-electron chi connectivity index (χ0n) is 13.6. The number of aliphatic carboxylic acids is 1. The van der Waals surface area contributed by atoms with Gasteiger partial charge in [-0.2, -0.15) is 0 Å². The van der Waals surface area contributed by atoms with Crippen LogP contribution in [0, 0.1) is 11.8 Å². The normalized spacial score (nSPS) is 26.2. The molecule has 24 heavy (non-hydrogen) atoms. The van der Waals surface area contributed by atoms with Crippen LogP contribution in [0.15, 0.2) is 29.3 Å². The summed E-state index contributed by atoms with van der Waals surface area (Å²) in [5, 5.41) is 9.67. The van der Waals surface area contributed by atoms with Gasteiger partial charge < -0.3 is 19.4 Å². The zero-order valence-corrected chi connectivity index (χ0v) is 13.6. The van der Waals surface area contributed by atoms with Gasteiger partial charge in [-0.05, 0) is 18.6 Å². The van der Waals surface area contributed by atoms with Gasteiger partial charge in [-0.1, -0.05) is 18.2 Å². The molecule has 0 amide bonds. The van der Waals surface area contributed by atoms with Crippen LogP contribution >= 0.6 is 0 Å². The lowest BCUT2D eigenvalue weighted by Gasteiger charge is -2.36. The number of carbonyl (C=O) groups is 3. The standard InChI is InChI=1S/C17H19NO6/c1-9-13(16(20)21)14(10-6-4-5-7-12(10)23-2)15(17(22)24-3)11(8-19)18-9/h4-8,11,13-15H,1-3H3,(H,20,21). The number of hydrogen-bond donors (Lipinski definition) is 1. The summed E-state index contributed by atoms with van der Waals surface area (Å²) in [5.74, 6) is -4.26. The average Bonchev–Trinajstić information content (AvgIpc) is 2.59. The van der Waals surface area contributed by atoms with Crippen LogP contribution in [-0.2, 0) is 19.1 Å². The fourth-order valence-electron chi connectivity index (χ4n) is 3.26. The van der Waals surface area contributed by atoms with Crippen molar-refractivity contribution in [3.8, 4) is 5.75 Å². The summed E-state index contributed by atoms with van der Waals surface area (Å²) in [5.41, 5.74) is 0.819. The van der Waals surface area contributed by atoms with Crippen molar-refractivity contribution >= 4 is 23.9 Å². The first-order valence-corrected chi connectivity index (χ1v) is 7.39. The lowest BCUT2D eigenvalue weighted by atomic mass is 9.70. The summed E-state index contributed by atoms with van der Waals surface area (Å²) in [6, 6.07) is 5.84. The minimum absolute atomic E-state index is 0.288. The smallest absolute Gasteiger partial charge is 0.312 e. The fraction of sp³-hybridized carbons (Fsp3) is 0.412. The van der Waals surface area contributed by atoms with Crippen molar-refractivity contribution in [2.24, 2.45) is 16.8 Å². The van der Waals surface area contributed by atoms with Crippen molar-refractivity contribution in [1.82, 2.24) is 0 Å². The van der Waals surface area contributed by atoms with Gasteiger partial charge in [0.15, 0.2) is 0 Å². The van der Waals surface area contributed by atoms with Crippen molar-refractivity contribution in [2.45, 2.75) is 18.9 Å². The molecule has 0 fully saturated rings. The first-order valence-electron chi connectivity index (χ1n) is 7.39. The van der Waals surface area contributed by atoms with Crippen molar-refractivity contribution in [2.75, 3.05) is 14.2 Å². The number of nitrogens with zero attached hydrogens (tertiary/aromatic N) is 1. The van der Waals surface area contributed by atoms with Crippen molar-refractivity contribution in [1.29, 1.82) is 0 Å². The highest BCUT2D eigenvalue weighted by Crippen LogP contribution is 2.43. The lowest BCUT2D eigenvalue weighted by molar-refractivity contribution is -0.150. The molecule has 7 heteroatoms. The minimum Gasteiger partial charge on any atom is -0.496 e. The van der Waals surface area contributed by atoms with Crippen LogP contribution in [0.3, 0.4) is 0 Å². The molecule has 0 aromatic heterocycles. The molecule has 4 unspecified atom stereocenters. The van der Waals surface area contributed by atoms with Gasteiger partial charge in [-0.3, -0.25) is 14.6 Å². The van der Waals surface area contributed by atoms with E-state index < -0.39 is 35.7 Å². The molecule has 1 aromatic rings. The molecule has 4 atom stereocenters. The van der Waals surface area contributed by atoms with E-state index in [9.17, 15) is 19.5 Å². The van der Waals surface area contributed by atoms with Crippen LogP contribution in [0.4, 0.5) is 0 Å². The molecule has 7 nitrogen and oxygen atoms in total.